The molecule has 0 unspecified atom stereocenters. The third kappa shape index (κ3) is 5.19. The molecule has 2 nitrogen and oxygen atoms in total. The van der Waals surface area contributed by atoms with Crippen molar-refractivity contribution in [2.75, 3.05) is 14.1 Å². The summed E-state index contributed by atoms with van der Waals surface area (Å²) in [6.45, 7) is 13.1. The summed E-state index contributed by atoms with van der Waals surface area (Å²) < 4.78 is 8.31. The van der Waals surface area contributed by atoms with Gasteiger partial charge in [-0.25, -0.2) is 4.58 Å². The van der Waals surface area contributed by atoms with Gasteiger partial charge in [-0.15, -0.1) is 0 Å². The van der Waals surface area contributed by atoms with E-state index in [-0.39, 0.29) is 10.8 Å². The predicted octanol–water partition coefficient (Wildman–Crippen LogP) is 5.57. The number of nitrogens with zero attached hydrogens (tertiary/aromatic N) is 1. The van der Waals surface area contributed by atoms with Gasteiger partial charge in [0.2, 0.25) is 0 Å². The monoisotopic (exact) mass is 338 g/mol. The fourth-order valence-corrected chi connectivity index (χ4v) is 2.43. The van der Waals surface area contributed by atoms with Crippen LogP contribution in [-0.2, 0) is 4.74 Å². The van der Waals surface area contributed by atoms with E-state index < -0.39 is 0 Å². The third-order valence-electron chi connectivity index (χ3n) is 4.17. The Hall–Kier alpha value is -2.09. The van der Waals surface area contributed by atoms with Gasteiger partial charge in [0.25, 0.3) is 0 Å². The van der Waals surface area contributed by atoms with Crippen LogP contribution >= 0.6 is 0 Å². The second-order valence-corrected chi connectivity index (χ2v) is 8.94. The molecule has 0 atom stereocenters. The van der Waals surface area contributed by atoms with Crippen LogP contribution in [0.3, 0.4) is 0 Å². The lowest BCUT2D eigenvalue weighted by atomic mass is 9.87. The van der Waals surface area contributed by atoms with Crippen molar-refractivity contribution < 1.29 is 9.31 Å². The number of hydrogen-bond donors (Lipinski definition) is 0. The Balaban J connectivity index is 2.35. The van der Waals surface area contributed by atoms with Gasteiger partial charge in [-0.1, -0.05) is 53.7 Å². The van der Waals surface area contributed by atoms with Crippen LogP contribution in [-0.4, -0.2) is 24.4 Å². The van der Waals surface area contributed by atoms with Crippen molar-refractivity contribution in [3.05, 3.63) is 71.3 Å². The summed E-state index contributed by atoms with van der Waals surface area (Å²) in [6.07, 6.45) is 17.2. The molecule has 2 heteroatoms. The second kappa shape index (κ2) is 7.03. The van der Waals surface area contributed by atoms with Crippen molar-refractivity contribution in [2.24, 2.45) is 10.8 Å². The highest BCUT2D eigenvalue weighted by Gasteiger charge is 2.28. The van der Waals surface area contributed by atoms with Crippen LogP contribution in [0.5, 0.6) is 0 Å². The van der Waals surface area contributed by atoms with Gasteiger partial charge in [-0.3, -0.25) is 0 Å². The number of allylic oxidation sites excluding steroid dienone is 12. The van der Waals surface area contributed by atoms with Crippen LogP contribution < -0.4 is 0 Å². The number of hydrogen-bond acceptors (Lipinski definition) is 1. The highest BCUT2D eigenvalue weighted by atomic mass is 16.5. The van der Waals surface area contributed by atoms with Crippen LogP contribution in [0.15, 0.2) is 71.3 Å². The van der Waals surface area contributed by atoms with E-state index in [1.807, 2.05) is 0 Å². The van der Waals surface area contributed by atoms with Crippen molar-refractivity contribution in [1.29, 1.82) is 0 Å². The summed E-state index contributed by atoms with van der Waals surface area (Å²) in [5.74, 6) is 2.03. The Kier molecular flexibility index (Phi) is 5.41. The minimum absolute atomic E-state index is 0.0167. The maximum atomic E-state index is 6.20. The SMILES string of the molecule is C[N+](C)=C1C=CC(=CC=C2C=C(C(C)(C)C)OC(C(C)(C)C)=C2)C=C1. The Labute approximate surface area is 153 Å². The topological polar surface area (TPSA) is 12.2 Å². The van der Waals surface area contributed by atoms with Crippen molar-refractivity contribution in [1.82, 2.24) is 0 Å². The maximum Gasteiger partial charge on any atom is 0.199 e. The van der Waals surface area contributed by atoms with Gasteiger partial charge in [-0.05, 0) is 35.5 Å². The molecule has 0 aromatic heterocycles. The lowest BCUT2D eigenvalue weighted by Gasteiger charge is -2.32. The van der Waals surface area contributed by atoms with Crippen molar-refractivity contribution in [3.63, 3.8) is 0 Å². The fraction of sp³-hybridized carbons (Fsp3) is 0.435. The molecular weight excluding hydrogens is 306 g/mol. The smallest absolute Gasteiger partial charge is 0.199 e. The molecule has 0 bridgehead atoms. The lowest BCUT2D eigenvalue weighted by molar-refractivity contribution is -0.462. The van der Waals surface area contributed by atoms with Crippen LogP contribution in [0.2, 0.25) is 0 Å². The van der Waals surface area contributed by atoms with Crippen molar-refractivity contribution >= 4 is 5.71 Å². The minimum atomic E-state index is -0.0167. The Morgan fingerprint density at radius 3 is 1.56 bits per heavy atom. The molecule has 0 radical (unpaired) electrons. The van der Waals surface area contributed by atoms with E-state index in [0.717, 1.165) is 11.5 Å². The summed E-state index contributed by atoms with van der Waals surface area (Å²) in [5, 5.41) is 0. The van der Waals surface area contributed by atoms with Crippen LogP contribution in [0.25, 0.3) is 0 Å². The van der Waals surface area contributed by atoms with E-state index in [1.54, 1.807) is 0 Å². The van der Waals surface area contributed by atoms with Gasteiger partial charge in [0.15, 0.2) is 5.71 Å². The number of rotatable bonds is 1. The molecule has 134 valence electrons. The van der Waals surface area contributed by atoms with Gasteiger partial charge in [0.05, 0.1) is 0 Å². The van der Waals surface area contributed by atoms with Crippen LogP contribution in [0, 0.1) is 10.8 Å². The third-order valence-corrected chi connectivity index (χ3v) is 4.17. The molecule has 2 rings (SSSR count). The molecule has 0 aromatic carbocycles. The highest BCUT2D eigenvalue weighted by molar-refractivity contribution is 6.02. The minimum Gasteiger partial charge on any atom is -0.465 e. The van der Waals surface area contributed by atoms with Gasteiger partial charge < -0.3 is 4.74 Å². The molecule has 0 saturated heterocycles. The standard InChI is InChI=1S/C23H32NO/c1-22(2,3)20-15-18(16-21(25-20)23(4,5)6)10-9-17-11-13-19(14-12-17)24(7)8/h9-16H,1-8H3/q+1. The lowest BCUT2D eigenvalue weighted by Crippen LogP contribution is -2.21. The summed E-state index contributed by atoms with van der Waals surface area (Å²) in [5.41, 5.74) is 3.55. The average molecular weight is 339 g/mol. The molecule has 1 aliphatic heterocycles. The predicted molar refractivity (Wildman–Crippen MR) is 108 cm³/mol. The summed E-state index contributed by atoms with van der Waals surface area (Å²) in [4.78, 5) is 0. The summed E-state index contributed by atoms with van der Waals surface area (Å²) in [6, 6.07) is 0. The van der Waals surface area contributed by atoms with Gasteiger partial charge in [-0.2, -0.15) is 0 Å². The van der Waals surface area contributed by atoms with E-state index in [2.05, 4.69) is 109 Å². The first-order valence-electron chi connectivity index (χ1n) is 8.91. The quantitative estimate of drug-likeness (QED) is 0.569. The number of ether oxygens (including phenoxy) is 1. The molecule has 2 aliphatic rings. The molecule has 0 saturated carbocycles. The first kappa shape index (κ1) is 19.2. The van der Waals surface area contributed by atoms with Crippen LogP contribution in [0.4, 0.5) is 0 Å². The largest absolute Gasteiger partial charge is 0.465 e. The first-order chi connectivity index (χ1) is 11.5. The molecule has 0 spiro atoms. The zero-order valence-corrected chi connectivity index (χ0v) is 17.0. The molecule has 1 aliphatic carbocycles. The molecule has 0 aromatic rings. The summed E-state index contributed by atoms with van der Waals surface area (Å²) >= 11 is 0. The van der Waals surface area contributed by atoms with E-state index in [0.29, 0.717) is 0 Å². The van der Waals surface area contributed by atoms with Crippen LogP contribution in [0.1, 0.15) is 41.5 Å². The Morgan fingerprint density at radius 2 is 1.16 bits per heavy atom. The zero-order valence-electron chi connectivity index (χ0n) is 17.0. The van der Waals surface area contributed by atoms with Crippen molar-refractivity contribution in [3.8, 4) is 0 Å². The highest BCUT2D eigenvalue weighted by Crippen LogP contribution is 2.38. The average Bonchev–Trinajstić information content (AvgIpc) is 2.51. The molecule has 25 heavy (non-hydrogen) atoms. The normalized spacial score (nSPS) is 17.8. The van der Waals surface area contributed by atoms with E-state index in [1.165, 1.54) is 16.9 Å². The van der Waals surface area contributed by atoms with Crippen molar-refractivity contribution in [2.45, 2.75) is 41.5 Å². The van der Waals surface area contributed by atoms with E-state index in [4.69, 9.17) is 4.74 Å². The molecule has 0 amide bonds. The molecular formula is C23H32NO+. The van der Waals surface area contributed by atoms with Gasteiger partial charge in [0, 0.05) is 23.0 Å². The maximum absolute atomic E-state index is 6.20. The van der Waals surface area contributed by atoms with E-state index >= 15 is 0 Å². The van der Waals surface area contributed by atoms with E-state index in [9.17, 15) is 0 Å². The Morgan fingerprint density at radius 1 is 0.720 bits per heavy atom. The summed E-state index contributed by atoms with van der Waals surface area (Å²) in [7, 11) is 4.11. The molecule has 0 N–H and O–H groups in total. The Bertz CT molecular complexity index is 697. The molecule has 1 heterocycles. The second-order valence-electron chi connectivity index (χ2n) is 8.94. The first-order valence-corrected chi connectivity index (χ1v) is 8.91. The van der Waals surface area contributed by atoms with Gasteiger partial charge in [0.1, 0.15) is 25.6 Å². The van der Waals surface area contributed by atoms with Gasteiger partial charge >= 0.3 is 0 Å². The fourth-order valence-electron chi connectivity index (χ4n) is 2.43. The molecule has 0 fully saturated rings. The zero-order chi connectivity index (χ0) is 18.8.